The molecule has 0 fully saturated rings. The van der Waals surface area contributed by atoms with Crippen molar-refractivity contribution in [1.29, 1.82) is 0 Å². The SMILES string of the molecule is Cc1nn(-c2cccc(Br)c2CN)c(C)c1C. The summed E-state index contributed by atoms with van der Waals surface area (Å²) in [5.74, 6) is 0. The Hall–Kier alpha value is -1.13. The third-order valence-electron chi connectivity index (χ3n) is 3.18. The Labute approximate surface area is 110 Å². The second kappa shape index (κ2) is 4.63. The number of halogens is 1. The van der Waals surface area contributed by atoms with Crippen LogP contribution >= 0.6 is 15.9 Å². The molecule has 0 unspecified atom stereocenters. The second-order valence-electron chi connectivity index (χ2n) is 4.15. The van der Waals surface area contributed by atoms with Crippen LogP contribution in [0.2, 0.25) is 0 Å². The fourth-order valence-corrected chi connectivity index (χ4v) is 2.42. The number of nitrogens with two attached hydrogens (primary N) is 1. The minimum absolute atomic E-state index is 0.494. The first kappa shape index (κ1) is 12.3. The lowest BCUT2D eigenvalue weighted by Crippen LogP contribution is -2.07. The van der Waals surface area contributed by atoms with Crippen molar-refractivity contribution in [2.75, 3.05) is 0 Å². The Morgan fingerprint density at radius 3 is 2.53 bits per heavy atom. The Morgan fingerprint density at radius 1 is 1.29 bits per heavy atom. The number of benzene rings is 1. The van der Waals surface area contributed by atoms with Gasteiger partial charge < -0.3 is 5.73 Å². The second-order valence-corrected chi connectivity index (χ2v) is 5.00. The molecule has 1 aromatic heterocycles. The maximum atomic E-state index is 5.81. The van der Waals surface area contributed by atoms with Gasteiger partial charge in [-0.05, 0) is 38.5 Å². The molecule has 0 radical (unpaired) electrons. The molecule has 0 spiro atoms. The Balaban J connectivity index is 2.68. The van der Waals surface area contributed by atoms with Gasteiger partial charge in [0.1, 0.15) is 0 Å². The Bertz CT molecular complexity index is 558. The normalized spacial score (nSPS) is 10.9. The molecule has 0 aliphatic carbocycles. The van der Waals surface area contributed by atoms with Crippen molar-refractivity contribution >= 4 is 15.9 Å². The summed E-state index contributed by atoms with van der Waals surface area (Å²) in [5.41, 5.74) is 11.4. The molecule has 0 atom stereocenters. The highest BCUT2D eigenvalue weighted by Gasteiger charge is 2.13. The van der Waals surface area contributed by atoms with Crippen LogP contribution in [0.1, 0.15) is 22.5 Å². The fraction of sp³-hybridized carbons (Fsp3) is 0.308. The van der Waals surface area contributed by atoms with E-state index in [-0.39, 0.29) is 0 Å². The highest BCUT2D eigenvalue weighted by atomic mass is 79.9. The van der Waals surface area contributed by atoms with E-state index in [2.05, 4.69) is 34.9 Å². The number of hydrogen-bond acceptors (Lipinski definition) is 2. The molecule has 4 heteroatoms. The van der Waals surface area contributed by atoms with E-state index >= 15 is 0 Å². The van der Waals surface area contributed by atoms with E-state index in [1.165, 1.54) is 5.56 Å². The summed E-state index contributed by atoms with van der Waals surface area (Å²) in [4.78, 5) is 0. The van der Waals surface area contributed by atoms with Crippen molar-refractivity contribution in [1.82, 2.24) is 9.78 Å². The minimum atomic E-state index is 0.494. The largest absolute Gasteiger partial charge is 0.326 e. The van der Waals surface area contributed by atoms with Crippen LogP contribution in [0.25, 0.3) is 5.69 Å². The molecule has 1 aromatic carbocycles. The first-order valence-electron chi connectivity index (χ1n) is 5.57. The topological polar surface area (TPSA) is 43.8 Å². The van der Waals surface area contributed by atoms with Crippen LogP contribution in [-0.4, -0.2) is 9.78 Å². The lowest BCUT2D eigenvalue weighted by atomic mass is 10.1. The maximum Gasteiger partial charge on any atom is 0.0705 e. The molecule has 0 aliphatic heterocycles. The summed E-state index contributed by atoms with van der Waals surface area (Å²) in [6, 6.07) is 6.06. The van der Waals surface area contributed by atoms with Crippen LogP contribution < -0.4 is 5.73 Å². The van der Waals surface area contributed by atoms with Gasteiger partial charge in [-0.1, -0.05) is 22.0 Å². The Kier molecular flexibility index (Phi) is 3.35. The lowest BCUT2D eigenvalue weighted by molar-refractivity contribution is 0.816. The van der Waals surface area contributed by atoms with Crippen LogP contribution in [0.5, 0.6) is 0 Å². The van der Waals surface area contributed by atoms with Gasteiger partial charge in [-0.15, -0.1) is 0 Å². The van der Waals surface area contributed by atoms with Crippen molar-refractivity contribution in [3.8, 4) is 5.69 Å². The van der Waals surface area contributed by atoms with Crippen LogP contribution in [0.15, 0.2) is 22.7 Å². The molecule has 2 N–H and O–H groups in total. The first-order valence-corrected chi connectivity index (χ1v) is 6.36. The number of nitrogens with zero attached hydrogens (tertiary/aromatic N) is 2. The summed E-state index contributed by atoms with van der Waals surface area (Å²) < 4.78 is 3.00. The first-order chi connectivity index (χ1) is 8.06. The van der Waals surface area contributed by atoms with Gasteiger partial charge in [0.2, 0.25) is 0 Å². The van der Waals surface area contributed by atoms with Crippen molar-refractivity contribution in [3.05, 3.63) is 45.2 Å². The molecule has 0 saturated heterocycles. The molecule has 17 heavy (non-hydrogen) atoms. The molecular weight excluding hydrogens is 278 g/mol. The molecule has 1 heterocycles. The molecule has 0 bridgehead atoms. The van der Waals surface area contributed by atoms with Crippen molar-refractivity contribution in [2.24, 2.45) is 5.73 Å². The van der Waals surface area contributed by atoms with Crippen molar-refractivity contribution < 1.29 is 0 Å². The minimum Gasteiger partial charge on any atom is -0.326 e. The maximum absolute atomic E-state index is 5.81. The van der Waals surface area contributed by atoms with E-state index in [0.717, 1.165) is 27.1 Å². The Morgan fingerprint density at radius 2 is 2.00 bits per heavy atom. The highest BCUT2D eigenvalue weighted by molar-refractivity contribution is 9.10. The zero-order valence-electron chi connectivity index (χ0n) is 10.3. The van der Waals surface area contributed by atoms with Gasteiger partial charge in [0.25, 0.3) is 0 Å². The highest BCUT2D eigenvalue weighted by Crippen LogP contribution is 2.25. The van der Waals surface area contributed by atoms with Gasteiger partial charge >= 0.3 is 0 Å². The van der Waals surface area contributed by atoms with E-state index in [0.29, 0.717) is 6.54 Å². The third kappa shape index (κ3) is 2.03. The molecule has 0 amide bonds. The van der Waals surface area contributed by atoms with Gasteiger partial charge in [-0.3, -0.25) is 0 Å². The quantitative estimate of drug-likeness (QED) is 0.925. The fourth-order valence-electron chi connectivity index (χ4n) is 1.90. The van der Waals surface area contributed by atoms with E-state index in [4.69, 9.17) is 5.73 Å². The van der Waals surface area contributed by atoms with Crippen LogP contribution in [0, 0.1) is 20.8 Å². The molecule has 90 valence electrons. The van der Waals surface area contributed by atoms with Crippen LogP contribution in [0.4, 0.5) is 0 Å². The molecule has 2 aromatic rings. The van der Waals surface area contributed by atoms with E-state index < -0.39 is 0 Å². The van der Waals surface area contributed by atoms with Crippen molar-refractivity contribution in [3.63, 3.8) is 0 Å². The summed E-state index contributed by atoms with van der Waals surface area (Å²) in [7, 11) is 0. The zero-order valence-corrected chi connectivity index (χ0v) is 11.9. The summed E-state index contributed by atoms with van der Waals surface area (Å²) in [5, 5.41) is 4.57. The molecule has 0 aliphatic rings. The van der Waals surface area contributed by atoms with E-state index in [1.54, 1.807) is 0 Å². The summed E-state index contributed by atoms with van der Waals surface area (Å²) in [6.45, 7) is 6.69. The summed E-state index contributed by atoms with van der Waals surface area (Å²) in [6.07, 6.45) is 0. The summed E-state index contributed by atoms with van der Waals surface area (Å²) >= 11 is 3.53. The molecule has 3 nitrogen and oxygen atoms in total. The van der Waals surface area contributed by atoms with Gasteiger partial charge in [0.15, 0.2) is 0 Å². The third-order valence-corrected chi connectivity index (χ3v) is 3.92. The molecule has 2 rings (SSSR count). The molecule has 0 saturated carbocycles. The average Bonchev–Trinajstić information content (AvgIpc) is 2.56. The van der Waals surface area contributed by atoms with Gasteiger partial charge in [0.05, 0.1) is 11.4 Å². The standard InChI is InChI=1S/C13H16BrN3/c1-8-9(2)16-17(10(8)3)13-6-4-5-12(14)11(13)7-15/h4-6H,7,15H2,1-3H3. The van der Waals surface area contributed by atoms with Crippen molar-refractivity contribution in [2.45, 2.75) is 27.3 Å². The number of aryl methyl sites for hydroxylation is 1. The van der Waals surface area contributed by atoms with Crippen LogP contribution in [-0.2, 0) is 6.54 Å². The predicted molar refractivity (Wildman–Crippen MR) is 73.4 cm³/mol. The van der Waals surface area contributed by atoms with Gasteiger partial charge in [-0.25, -0.2) is 4.68 Å². The average molecular weight is 294 g/mol. The lowest BCUT2D eigenvalue weighted by Gasteiger charge is -2.11. The predicted octanol–water partition coefficient (Wildman–Crippen LogP) is 3.02. The van der Waals surface area contributed by atoms with E-state index in [9.17, 15) is 0 Å². The number of rotatable bonds is 2. The zero-order chi connectivity index (χ0) is 12.6. The monoisotopic (exact) mass is 293 g/mol. The molecular formula is C13H16BrN3. The van der Waals surface area contributed by atoms with E-state index in [1.807, 2.05) is 29.8 Å². The number of hydrogen-bond donors (Lipinski definition) is 1. The van der Waals surface area contributed by atoms with Crippen LogP contribution in [0.3, 0.4) is 0 Å². The smallest absolute Gasteiger partial charge is 0.0705 e. The van der Waals surface area contributed by atoms with Gasteiger partial charge in [0, 0.05) is 22.3 Å². The van der Waals surface area contributed by atoms with Gasteiger partial charge in [-0.2, -0.15) is 5.10 Å². The number of aromatic nitrogens is 2.